The Balaban J connectivity index is 0.00000169. The van der Waals surface area contributed by atoms with Crippen LogP contribution in [0, 0.1) is 0 Å². The molecule has 1 aromatic carbocycles. The van der Waals surface area contributed by atoms with Crippen molar-refractivity contribution in [3.63, 3.8) is 0 Å². The molecule has 0 amide bonds. The van der Waals surface area contributed by atoms with Crippen LogP contribution in [0.2, 0.25) is 0 Å². The van der Waals surface area contributed by atoms with Gasteiger partial charge in [0.05, 0.1) is 6.10 Å². The molecule has 1 atom stereocenters. The van der Waals surface area contributed by atoms with E-state index < -0.39 is 6.10 Å². The zero-order chi connectivity index (χ0) is 9.84. The molecule has 80 valence electrons. The van der Waals surface area contributed by atoms with Crippen LogP contribution in [0.4, 0.5) is 0 Å². The van der Waals surface area contributed by atoms with Crippen molar-refractivity contribution in [3.8, 4) is 5.75 Å². The molecule has 2 N–H and O–H groups in total. The Kier molecular flexibility index (Phi) is 5.53. The number of likely N-dealkylation sites (N-methyl/N-ethyl adjacent to an activating group) is 1. The maximum atomic E-state index is 9.66. The fourth-order valence-corrected chi connectivity index (χ4v) is 1.15. The fourth-order valence-electron chi connectivity index (χ4n) is 1.15. The minimum atomic E-state index is -0.490. The lowest BCUT2D eigenvalue weighted by molar-refractivity contribution is 0.138. The van der Waals surface area contributed by atoms with E-state index in [0.29, 0.717) is 6.54 Å². The van der Waals surface area contributed by atoms with Crippen molar-refractivity contribution in [2.24, 2.45) is 0 Å². The number of phenolic OH excluding ortho intramolecular Hbond substituents is 1. The molecule has 0 bridgehead atoms. The zero-order valence-electron chi connectivity index (χ0n) is 8.34. The fraction of sp³-hybridized carbons (Fsp3) is 0.400. The lowest BCUT2D eigenvalue weighted by Gasteiger charge is -2.15. The van der Waals surface area contributed by atoms with Gasteiger partial charge in [0, 0.05) is 6.54 Å². The van der Waals surface area contributed by atoms with Gasteiger partial charge in [-0.3, -0.25) is 0 Å². The summed E-state index contributed by atoms with van der Waals surface area (Å²) in [5.41, 5.74) is 0.825. The molecule has 4 heteroatoms. The average molecular weight is 218 g/mol. The number of nitrogens with zero attached hydrogens (tertiary/aromatic N) is 1. The highest BCUT2D eigenvalue weighted by atomic mass is 35.5. The average Bonchev–Trinajstić information content (AvgIpc) is 2.04. The van der Waals surface area contributed by atoms with Crippen molar-refractivity contribution in [3.05, 3.63) is 29.8 Å². The van der Waals surface area contributed by atoms with Gasteiger partial charge in [0.1, 0.15) is 5.75 Å². The molecule has 0 aliphatic heterocycles. The molecule has 14 heavy (non-hydrogen) atoms. The van der Waals surface area contributed by atoms with Crippen molar-refractivity contribution in [2.75, 3.05) is 20.6 Å². The molecule has 0 heterocycles. The molecule has 0 aromatic heterocycles. The number of hydrogen-bond donors (Lipinski definition) is 2. The first-order valence-corrected chi connectivity index (χ1v) is 4.21. The summed E-state index contributed by atoms with van der Waals surface area (Å²) < 4.78 is 0. The van der Waals surface area contributed by atoms with E-state index in [1.807, 2.05) is 19.0 Å². The molecule has 0 saturated heterocycles. The van der Waals surface area contributed by atoms with E-state index in [1.165, 1.54) is 0 Å². The smallest absolute Gasteiger partial charge is 0.115 e. The molecule has 1 aromatic rings. The Hall–Kier alpha value is -0.770. The maximum Gasteiger partial charge on any atom is 0.115 e. The van der Waals surface area contributed by atoms with Crippen LogP contribution < -0.4 is 0 Å². The third kappa shape index (κ3) is 3.96. The second kappa shape index (κ2) is 5.86. The second-order valence-corrected chi connectivity index (χ2v) is 3.37. The summed E-state index contributed by atoms with van der Waals surface area (Å²) in [6.45, 7) is 0.588. The lowest BCUT2D eigenvalue weighted by Crippen LogP contribution is -2.19. The summed E-state index contributed by atoms with van der Waals surface area (Å²) in [5, 5.41) is 18.7. The van der Waals surface area contributed by atoms with Crippen LogP contribution >= 0.6 is 12.4 Å². The summed E-state index contributed by atoms with van der Waals surface area (Å²) in [6.07, 6.45) is -0.490. The van der Waals surface area contributed by atoms with Crippen LogP contribution in [0.1, 0.15) is 11.7 Å². The molecule has 0 saturated carbocycles. The Morgan fingerprint density at radius 3 is 2.14 bits per heavy atom. The summed E-state index contributed by atoms with van der Waals surface area (Å²) in [6, 6.07) is 6.61. The highest BCUT2D eigenvalue weighted by Crippen LogP contribution is 2.16. The first-order chi connectivity index (χ1) is 6.09. The molecule has 0 spiro atoms. The summed E-state index contributed by atoms with van der Waals surface area (Å²) in [5.74, 6) is 0.223. The van der Waals surface area contributed by atoms with Crippen molar-refractivity contribution < 1.29 is 10.2 Å². The third-order valence-corrected chi connectivity index (χ3v) is 1.82. The summed E-state index contributed by atoms with van der Waals surface area (Å²) >= 11 is 0. The molecule has 1 rings (SSSR count). The van der Waals surface area contributed by atoms with Gasteiger partial charge in [-0.15, -0.1) is 12.4 Å². The standard InChI is InChI=1S/C10H15NO2.ClH/c1-11(2)7-10(13)8-3-5-9(12)6-4-8;/h3-6,10,12-13H,7H2,1-2H3;1H. The third-order valence-electron chi connectivity index (χ3n) is 1.82. The zero-order valence-corrected chi connectivity index (χ0v) is 9.16. The van der Waals surface area contributed by atoms with E-state index in [2.05, 4.69) is 0 Å². The van der Waals surface area contributed by atoms with E-state index >= 15 is 0 Å². The van der Waals surface area contributed by atoms with Gasteiger partial charge in [-0.1, -0.05) is 12.1 Å². The molecular weight excluding hydrogens is 202 g/mol. The first kappa shape index (κ1) is 13.2. The number of aliphatic hydroxyl groups is 1. The van der Waals surface area contributed by atoms with Crippen LogP contribution in [-0.2, 0) is 0 Å². The topological polar surface area (TPSA) is 43.7 Å². The number of hydrogen-bond acceptors (Lipinski definition) is 3. The predicted molar refractivity (Wildman–Crippen MR) is 58.9 cm³/mol. The monoisotopic (exact) mass is 217 g/mol. The van der Waals surface area contributed by atoms with Crippen molar-refractivity contribution >= 4 is 12.4 Å². The van der Waals surface area contributed by atoms with Gasteiger partial charge in [-0.2, -0.15) is 0 Å². The van der Waals surface area contributed by atoms with Gasteiger partial charge in [0.15, 0.2) is 0 Å². The number of phenols is 1. The van der Waals surface area contributed by atoms with E-state index in [9.17, 15) is 5.11 Å². The van der Waals surface area contributed by atoms with Crippen molar-refractivity contribution in [1.29, 1.82) is 0 Å². The van der Waals surface area contributed by atoms with Gasteiger partial charge < -0.3 is 15.1 Å². The largest absolute Gasteiger partial charge is 0.508 e. The van der Waals surface area contributed by atoms with Crippen LogP contribution in [0.5, 0.6) is 5.75 Å². The predicted octanol–water partition coefficient (Wildman–Crippen LogP) is 1.41. The summed E-state index contributed by atoms with van der Waals surface area (Å²) in [4.78, 5) is 1.91. The number of rotatable bonds is 3. The van der Waals surface area contributed by atoms with Gasteiger partial charge in [-0.25, -0.2) is 0 Å². The molecular formula is C10H16ClNO2. The van der Waals surface area contributed by atoms with Crippen LogP contribution in [0.15, 0.2) is 24.3 Å². The van der Waals surface area contributed by atoms with E-state index in [4.69, 9.17) is 5.11 Å². The Morgan fingerprint density at radius 1 is 1.21 bits per heavy atom. The van der Waals surface area contributed by atoms with Crippen LogP contribution in [0.3, 0.4) is 0 Å². The minimum absolute atomic E-state index is 0. The number of aromatic hydroxyl groups is 1. The molecule has 3 nitrogen and oxygen atoms in total. The Labute approximate surface area is 90.4 Å². The second-order valence-electron chi connectivity index (χ2n) is 3.37. The Bertz CT molecular complexity index is 261. The van der Waals surface area contributed by atoms with Gasteiger partial charge in [0.25, 0.3) is 0 Å². The minimum Gasteiger partial charge on any atom is -0.508 e. The molecule has 0 aliphatic rings. The van der Waals surface area contributed by atoms with Gasteiger partial charge in [0.2, 0.25) is 0 Å². The molecule has 0 fully saturated rings. The Morgan fingerprint density at radius 2 is 1.71 bits per heavy atom. The van der Waals surface area contributed by atoms with E-state index in [1.54, 1.807) is 24.3 Å². The van der Waals surface area contributed by atoms with Crippen molar-refractivity contribution in [1.82, 2.24) is 4.90 Å². The number of aliphatic hydroxyl groups excluding tert-OH is 1. The number of halogens is 1. The summed E-state index contributed by atoms with van der Waals surface area (Å²) in [7, 11) is 3.81. The SMILES string of the molecule is CN(C)CC(O)c1ccc(O)cc1.Cl. The molecule has 0 aliphatic carbocycles. The van der Waals surface area contributed by atoms with Gasteiger partial charge >= 0.3 is 0 Å². The first-order valence-electron chi connectivity index (χ1n) is 4.21. The van der Waals surface area contributed by atoms with E-state index in [0.717, 1.165) is 5.56 Å². The number of benzene rings is 1. The van der Waals surface area contributed by atoms with Gasteiger partial charge in [-0.05, 0) is 31.8 Å². The molecule has 0 radical (unpaired) electrons. The normalized spacial score (nSPS) is 12.3. The highest BCUT2D eigenvalue weighted by molar-refractivity contribution is 5.85. The van der Waals surface area contributed by atoms with Crippen molar-refractivity contribution in [2.45, 2.75) is 6.10 Å². The maximum absolute atomic E-state index is 9.66. The lowest BCUT2D eigenvalue weighted by atomic mass is 10.1. The van der Waals surface area contributed by atoms with E-state index in [-0.39, 0.29) is 18.2 Å². The molecule has 1 unspecified atom stereocenters. The van der Waals surface area contributed by atoms with Crippen LogP contribution in [-0.4, -0.2) is 35.8 Å². The quantitative estimate of drug-likeness (QED) is 0.805. The van der Waals surface area contributed by atoms with Crippen LogP contribution in [0.25, 0.3) is 0 Å². The highest BCUT2D eigenvalue weighted by Gasteiger charge is 2.07.